The van der Waals surface area contributed by atoms with Crippen molar-refractivity contribution in [2.24, 2.45) is 16.8 Å². The monoisotopic (exact) mass is 245 g/mol. The largest absolute Gasteiger partial charge is 0.378 e. The lowest BCUT2D eigenvalue weighted by molar-refractivity contribution is 0.121. The van der Waals surface area contributed by atoms with E-state index in [1.54, 1.807) is 0 Å². The van der Waals surface area contributed by atoms with Crippen LogP contribution < -0.4 is 16.6 Å². The van der Waals surface area contributed by atoms with Gasteiger partial charge in [-0.3, -0.25) is 10.4 Å². The van der Waals surface area contributed by atoms with Crippen LogP contribution in [0.25, 0.3) is 0 Å². The molecule has 0 aliphatic heterocycles. The second kappa shape index (κ2) is 10.3. The lowest BCUT2D eigenvalue weighted by Crippen LogP contribution is -2.43. The van der Waals surface area contributed by atoms with Crippen LogP contribution >= 0.6 is 0 Å². The predicted molar refractivity (Wildman–Crippen MR) is 71.8 cm³/mol. The number of guanidine groups is 1. The molecule has 6 nitrogen and oxygen atoms in total. The van der Waals surface area contributed by atoms with Crippen molar-refractivity contribution in [3.8, 4) is 0 Å². The summed E-state index contributed by atoms with van der Waals surface area (Å²) in [5, 5.41) is 3.09. The highest BCUT2D eigenvalue weighted by atomic mass is 16.5. The molecule has 0 aromatic carbocycles. The fourth-order valence-corrected chi connectivity index (χ4v) is 1.02. The van der Waals surface area contributed by atoms with Gasteiger partial charge in [0.05, 0.1) is 13.2 Å². The lowest BCUT2D eigenvalue weighted by atomic mass is 10.2. The smallest absolute Gasteiger partial charge is 0.205 e. The number of nitrogens with one attached hydrogen (secondary N) is 2. The third-order valence-corrected chi connectivity index (χ3v) is 1.97. The van der Waals surface area contributed by atoms with Gasteiger partial charge in [-0.25, -0.2) is 5.84 Å². The average Bonchev–Trinajstić information content (AvgIpc) is 2.26. The molecule has 4 N–H and O–H groups in total. The number of nitrogens with two attached hydrogens (primary N) is 1. The summed E-state index contributed by atoms with van der Waals surface area (Å²) < 4.78 is 5.44. The number of hydrogen-bond donors (Lipinski definition) is 3. The molecule has 6 heteroatoms. The zero-order valence-electron chi connectivity index (χ0n) is 11.5. The molecule has 0 bridgehead atoms. The molecule has 0 saturated heterocycles. The molecule has 102 valence electrons. The van der Waals surface area contributed by atoms with Crippen LogP contribution in [0.15, 0.2) is 4.99 Å². The van der Waals surface area contributed by atoms with Crippen LogP contribution in [0.4, 0.5) is 0 Å². The molecule has 0 spiro atoms. The Hall–Kier alpha value is -0.850. The fourth-order valence-electron chi connectivity index (χ4n) is 1.02. The number of hydrazine groups is 1. The van der Waals surface area contributed by atoms with Gasteiger partial charge in [-0.2, -0.15) is 0 Å². The number of ether oxygens (including phenoxy) is 1. The van der Waals surface area contributed by atoms with Crippen molar-refractivity contribution in [3.05, 3.63) is 0 Å². The molecule has 0 unspecified atom stereocenters. The standard InChI is InChI=1S/C11H27N5O/c1-10(2)9-14-11(15-12)13-5-7-17-8-6-16(3)4/h10H,5-9,12H2,1-4H3,(H2,13,14,15). The Morgan fingerprint density at radius 3 is 2.59 bits per heavy atom. The zero-order chi connectivity index (χ0) is 13.1. The summed E-state index contributed by atoms with van der Waals surface area (Å²) in [6.45, 7) is 8.01. The summed E-state index contributed by atoms with van der Waals surface area (Å²) in [6.07, 6.45) is 0. The van der Waals surface area contributed by atoms with Gasteiger partial charge in [-0.1, -0.05) is 13.8 Å². The minimum Gasteiger partial charge on any atom is -0.378 e. The molecule has 0 atom stereocenters. The Balaban J connectivity index is 3.53. The van der Waals surface area contributed by atoms with Crippen molar-refractivity contribution >= 4 is 5.96 Å². The first-order valence-corrected chi connectivity index (χ1v) is 6.03. The van der Waals surface area contributed by atoms with Gasteiger partial charge in [-0.15, -0.1) is 0 Å². The number of likely N-dealkylation sites (N-methyl/N-ethyl adjacent to an activating group) is 1. The summed E-state index contributed by atoms with van der Waals surface area (Å²) in [5.74, 6) is 6.49. The highest BCUT2D eigenvalue weighted by molar-refractivity contribution is 5.79. The third kappa shape index (κ3) is 11.4. The fraction of sp³-hybridized carbons (Fsp3) is 0.909. The van der Waals surface area contributed by atoms with Gasteiger partial charge in [0.25, 0.3) is 0 Å². The van der Waals surface area contributed by atoms with E-state index in [0.717, 1.165) is 19.7 Å². The summed E-state index contributed by atoms with van der Waals surface area (Å²) in [6, 6.07) is 0. The minimum absolute atomic E-state index is 0.525. The molecule has 0 amide bonds. The van der Waals surface area contributed by atoms with Crippen LogP contribution in [0.2, 0.25) is 0 Å². The zero-order valence-corrected chi connectivity index (χ0v) is 11.5. The second-order valence-corrected chi connectivity index (χ2v) is 4.57. The molecule has 0 saturated carbocycles. The quantitative estimate of drug-likeness (QED) is 0.179. The van der Waals surface area contributed by atoms with Crippen molar-refractivity contribution in [3.63, 3.8) is 0 Å². The van der Waals surface area contributed by atoms with Crippen molar-refractivity contribution < 1.29 is 4.74 Å². The molecule has 0 fully saturated rings. The first-order chi connectivity index (χ1) is 8.06. The van der Waals surface area contributed by atoms with Gasteiger partial charge < -0.3 is 15.0 Å². The number of hydrogen-bond acceptors (Lipinski definition) is 4. The van der Waals surface area contributed by atoms with Crippen molar-refractivity contribution in [1.29, 1.82) is 0 Å². The Morgan fingerprint density at radius 1 is 1.35 bits per heavy atom. The third-order valence-electron chi connectivity index (χ3n) is 1.97. The molecular formula is C11H27N5O. The average molecular weight is 245 g/mol. The number of rotatable bonds is 8. The maximum atomic E-state index is 5.44. The Bertz CT molecular complexity index is 206. The highest BCUT2D eigenvalue weighted by Gasteiger charge is 1.97. The summed E-state index contributed by atoms with van der Waals surface area (Å²) >= 11 is 0. The van der Waals surface area contributed by atoms with E-state index in [2.05, 4.69) is 34.5 Å². The van der Waals surface area contributed by atoms with Gasteiger partial charge >= 0.3 is 0 Å². The van der Waals surface area contributed by atoms with Gasteiger partial charge in [0.2, 0.25) is 5.96 Å². The Labute approximate surface area is 105 Å². The van der Waals surface area contributed by atoms with Crippen LogP contribution in [0.1, 0.15) is 13.8 Å². The van der Waals surface area contributed by atoms with E-state index in [0.29, 0.717) is 25.0 Å². The van der Waals surface area contributed by atoms with Gasteiger partial charge in [-0.05, 0) is 20.0 Å². The lowest BCUT2D eigenvalue weighted by Gasteiger charge is -2.12. The normalized spacial score (nSPS) is 12.3. The molecule has 17 heavy (non-hydrogen) atoms. The number of nitrogens with zero attached hydrogens (tertiary/aromatic N) is 2. The summed E-state index contributed by atoms with van der Waals surface area (Å²) in [5.41, 5.74) is 2.54. The van der Waals surface area contributed by atoms with Crippen LogP contribution in [-0.2, 0) is 4.74 Å². The molecular weight excluding hydrogens is 218 g/mol. The molecule has 0 aliphatic rings. The molecule has 0 aromatic heterocycles. The maximum Gasteiger partial charge on any atom is 0.205 e. The van der Waals surface area contributed by atoms with E-state index < -0.39 is 0 Å². The van der Waals surface area contributed by atoms with Crippen LogP contribution in [0.5, 0.6) is 0 Å². The van der Waals surface area contributed by atoms with E-state index >= 15 is 0 Å². The van der Waals surface area contributed by atoms with Crippen molar-refractivity contribution in [1.82, 2.24) is 15.6 Å². The van der Waals surface area contributed by atoms with Gasteiger partial charge in [0.1, 0.15) is 0 Å². The van der Waals surface area contributed by atoms with E-state index in [-0.39, 0.29) is 0 Å². The molecule has 0 rings (SSSR count). The SMILES string of the molecule is CC(C)CN=C(NN)NCCOCCN(C)C. The Morgan fingerprint density at radius 2 is 2.06 bits per heavy atom. The first kappa shape index (κ1) is 16.1. The van der Waals surface area contributed by atoms with Gasteiger partial charge in [0, 0.05) is 19.6 Å². The maximum absolute atomic E-state index is 5.44. The van der Waals surface area contributed by atoms with Crippen LogP contribution in [-0.4, -0.2) is 57.8 Å². The predicted octanol–water partition coefficient (Wildman–Crippen LogP) is -0.370. The van der Waals surface area contributed by atoms with Gasteiger partial charge in [0.15, 0.2) is 0 Å². The highest BCUT2D eigenvalue weighted by Crippen LogP contribution is 1.90. The molecule has 0 aliphatic carbocycles. The van der Waals surface area contributed by atoms with E-state index in [1.807, 2.05) is 14.1 Å². The van der Waals surface area contributed by atoms with Crippen LogP contribution in [0, 0.1) is 5.92 Å². The first-order valence-electron chi connectivity index (χ1n) is 6.03. The van der Waals surface area contributed by atoms with E-state index in [9.17, 15) is 0 Å². The molecule has 0 aromatic rings. The van der Waals surface area contributed by atoms with E-state index in [1.165, 1.54) is 0 Å². The van der Waals surface area contributed by atoms with E-state index in [4.69, 9.17) is 10.6 Å². The minimum atomic E-state index is 0.525. The summed E-state index contributed by atoms with van der Waals surface area (Å²) in [4.78, 5) is 6.38. The van der Waals surface area contributed by atoms with Crippen LogP contribution in [0.3, 0.4) is 0 Å². The summed E-state index contributed by atoms with van der Waals surface area (Å²) in [7, 11) is 4.05. The molecule has 0 heterocycles. The van der Waals surface area contributed by atoms with Crippen molar-refractivity contribution in [2.75, 3.05) is 46.9 Å². The number of aliphatic imine (C=N–C) groups is 1. The Kier molecular flexibility index (Phi) is 9.80. The molecule has 0 radical (unpaired) electrons. The second-order valence-electron chi connectivity index (χ2n) is 4.57. The topological polar surface area (TPSA) is 74.9 Å². The van der Waals surface area contributed by atoms with Crippen molar-refractivity contribution in [2.45, 2.75) is 13.8 Å².